The maximum Gasteiger partial charge on any atom is 0.243 e. The van der Waals surface area contributed by atoms with Gasteiger partial charge in [-0.05, 0) is 19.3 Å². The molecule has 0 aromatic rings. The summed E-state index contributed by atoms with van der Waals surface area (Å²) in [6, 6.07) is 0. The Morgan fingerprint density at radius 3 is 2.39 bits per heavy atom. The Bertz CT molecular complexity index is 396. The van der Waals surface area contributed by atoms with Crippen molar-refractivity contribution >= 4 is 18.3 Å². The highest BCUT2D eigenvalue weighted by molar-refractivity contribution is 5.88. The molecule has 2 saturated carbocycles. The van der Waals surface area contributed by atoms with Gasteiger partial charge in [0, 0.05) is 32.0 Å². The molecule has 2 unspecified atom stereocenters. The van der Waals surface area contributed by atoms with E-state index in [4.69, 9.17) is 10.5 Å². The van der Waals surface area contributed by atoms with Gasteiger partial charge >= 0.3 is 0 Å². The lowest BCUT2D eigenvalue weighted by atomic mass is 9.54. The summed E-state index contributed by atoms with van der Waals surface area (Å²) in [6.45, 7) is 7.62. The molecule has 0 radical (unpaired) electrons. The third-order valence-electron chi connectivity index (χ3n) is 6.16. The number of halogens is 1. The molecule has 0 heterocycles. The van der Waals surface area contributed by atoms with Crippen molar-refractivity contribution in [2.75, 3.05) is 20.2 Å². The molecule has 0 aromatic carbocycles. The van der Waals surface area contributed by atoms with Crippen molar-refractivity contribution < 1.29 is 9.53 Å². The van der Waals surface area contributed by atoms with Crippen LogP contribution in [0.15, 0.2) is 0 Å². The number of carbonyl (C=O) groups excluding carboxylic acids is 1. The zero-order valence-corrected chi connectivity index (χ0v) is 16.1. The number of rotatable bonds is 6. The van der Waals surface area contributed by atoms with Crippen LogP contribution < -0.4 is 5.73 Å². The van der Waals surface area contributed by atoms with Crippen molar-refractivity contribution in [2.24, 2.45) is 17.1 Å². The molecule has 2 aliphatic rings. The van der Waals surface area contributed by atoms with E-state index in [9.17, 15) is 4.79 Å². The lowest BCUT2D eigenvalue weighted by Crippen LogP contribution is -2.75. The van der Waals surface area contributed by atoms with E-state index in [1.165, 1.54) is 32.1 Å². The number of amides is 1. The van der Waals surface area contributed by atoms with Crippen LogP contribution in [0.2, 0.25) is 0 Å². The van der Waals surface area contributed by atoms with Crippen LogP contribution in [0.5, 0.6) is 0 Å². The summed E-state index contributed by atoms with van der Waals surface area (Å²) in [5.41, 5.74) is 5.42. The minimum atomic E-state index is -0.770. The van der Waals surface area contributed by atoms with E-state index in [-0.39, 0.29) is 29.8 Å². The lowest BCUT2D eigenvalue weighted by Gasteiger charge is -2.58. The predicted molar refractivity (Wildman–Crippen MR) is 96.8 cm³/mol. The largest absolute Gasteiger partial charge is 0.378 e. The zero-order valence-electron chi connectivity index (χ0n) is 15.3. The number of nitrogens with two attached hydrogens (primary N) is 1. The van der Waals surface area contributed by atoms with Gasteiger partial charge in [0.25, 0.3) is 0 Å². The van der Waals surface area contributed by atoms with Gasteiger partial charge in [-0.3, -0.25) is 4.79 Å². The molecule has 23 heavy (non-hydrogen) atoms. The highest BCUT2D eigenvalue weighted by Crippen LogP contribution is 2.50. The molecule has 0 bridgehead atoms. The van der Waals surface area contributed by atoms with E-state index in [1.807, 2.05) is 18.9 Å². The minimum absolute atomic E-state index is 0. The van der Waals surface area contributed by atoms with Crippen LogP contribution >= 0.6 is 12.4 Å². The number of likely N-dealkylation sites (N-methyl/N-ethyl adjacent to an activating group) is 1. The smallest absolute Gasteiger partial charge is 0.243 e. The second-order valence-electron chi connectivity index (χ2n) is 7.86. The van der Waals surface area contributed by atoms with E-state index >= 15 is 0 Å². The first-order valence-corrected chi connectivity index (χ1v) is 8.99. The Morgan fingerprint density at radius 1 is 1.26 bits per heavy atom. The number of nitrogens with zero attached hydrogens (tertiary/aromatic N) is 1. The molecule has 136 valence electrons. The van der Waals surface area contributed by atoms with Crippen LogP contribution in [0.4, 0.5) is 0 Å². The van der Waals surface area contributed by atoms with Crippen molar-refractivity contribution in [2.45, 2.75) is 77.4 Å². The van der Waals surface area contributed by atoms with E-state index in [1.54, 1.807) is 0 Å². The van der Waals surface area contributed by atoms with Gasteiger partial charge in [-0.2, -0.15) is 0 Å². The summed E-state index contributed by atoms with van der Waals surface area (Å²) in [4.78, 5) is 14.7. The molecule has 2 atom stereocenters. The van der Waals surface area contributed by atoms with Crippen LogP contribution in [0.1, 0.15) is 65.7 Å². The van der Waals surface area contributed by atoms with Gasteiger partial charge in [0.1, 0.15) is 5.54 Å². The summed E-state index contributed by atoms with van der Waals surface area (Å²) in [5.74, 6) is 0.882. The molecule has 0 aliphatic heterocycles. The fourth-order valence-electron chi connectivity index (χ4n) is 4.09. The van der Waals surface area contributed by atoms with Gasteiger partial charge in [-0.15, -0.1) is 12.4 Å². The first-order chi connectivity index (χ1) is 10.3. The van der Waals surface area contributed by atoms with E-state index in [0.29, 0.717) is 13.0 Å². The zero-order chi connectivity index (χ0) is 16.4. The highest BCUT2D eigenvalue weighted by Gasteiger charge is 2.63. The van der Waals surface area contributed by atoms with Crippen molar-refractivity contribution in [3.05, 3.63) is 0 Å². The van der Waals surface area contributed by atoms with Crippen molar-refractivity contribution in [1.82, 2.24) is 4.90 Å². The van der Waals surface area contributed by atoms with Crippen molar-refractivity contribution in [1.29, 1.82) is 0 Å². The summed E-state index contributed by atoms with van der Waals surface area (Å²) in [5, 5.41) is 0. The average Bonchev–Trinajstić information content (AvgIpc) is 2.52. The average molecular weight is 347 g/mol. The Balaban J connectivity index is 0.00000264. The molecule has 2 rings (SSSR count). The number of ether oxygens (including phenoxy) is 1. The van der Waals surface area contributed by atoms with Crippen LogP contribution in [-0.2, 0) is 9.53 Å². The third-order valence-corrected chi connectivity index (χ3v) is 6.16. The molecule has 4 nitrogen and oxygen atoms in total. The lowest BCUT2D eigenvalue weighted by molar-refractivity contribution is -0.178. The van der Waals surface area contributed by atoms with Crippen LogP contribution in [0.3, 0.4) is 0 Å². The Labute approximate surface area is 147 Å². The van der Waals surface area contributed by atoms with Crippen molar-refractivity contribution in [3.63, 3.8) is 0 Å². The molecule has 5 heteroatoms. The number of hydrogen-bond donors (Lipinski definition) is 1. The fraction of sp³-hybridized carbons (Fsp3) is 0.944. The Kier molecular flexibility index (Phi) is 7.36. The van der Waals surface area contributed by atoms with Crippen LogP contribution in [0.25, 0.3) is 0 Å². The van der Waals surface area contributed by atoms with Gasteiger partial charge in [-0.25, -0.2) is 0 Å². The minimum Gasteiger partial charge on any atom is -0.378 e. The van der Waals surface area contributed by atoms with Gasteiger partial charge in [-0.1, -0.05) is 46.0 Å². The molecule has 0 spiro atoms. The predicted octanol–water partition coefficient (Wildman–Crippen LogP) is 3.37. The SMILES string of the molecule is CCOC1CC(N)(C(=O)N(C)CCC2CCCCC2)C1(C)C.Cl. The Hall–Kier alpha value is -0.320. The molecule has 0 saturated heterocycles. The van der Waals surface area contributed by atoms with Crippen LogP contribution in [-0.4, -0.2) is 42.6 Å². The van der Waals surface area contributed by atoms with Crippen LogP contribution in [0, 0.1) is 11.3 Å². The molecule has 2 N–H and O–H groups in total. The number of hydrogen-bond acceptors (Lipinski definition) is 3. The molecular formula is C18H35ClN2O2. The maximum atomic E-state index is 12.8. The monoisotopic (exact) mass is 346 g/mol. The van der Waals surface area contributed by atoms with E-state index in [2.05, 4.69) is 13.8 Å². The second-order valence-corrected chi connectivity index (χ2v) is 7.86. The molecular weight excluding hydrogens is 312 g/mol. The third kappa shape index (κ3) is 4.02. The van der Waals surface area contributed by atoms with Gasteiger partial charge in [0.2, 0.25) is 5.91 Å². The van der Waals surface area contributed by atoms with Crippen molar-refractivity contribution in [3.8, 4) is 0 Å². The fourth-order valence-corrected chi connectivity index (χ4v) is 4.09. The molecule has 2 aliphatic carbocycles. The Morgan fingerprint density at radius 2 is 1.87 bits per heavy atom. The maximum absolute atomic E-state index is 12.8. The summed E-state index contributed by atoms with van der Waals surface area (Å²) in [7, 11) is 1.91. The number of carbonyl (C=O) groups is 1. The summed E-state index contributed by atoms with van der Waals surface area (Å²) < 4.78 is 5.72. The summed E-state index contributed by atoms with van der Waals surface area (Å²) >= 11 is 0. The first kappa shape index (κ1) is 20.7. The highest BCUT2D eigenvalue weighted by atomic mass is 35.5. The topological polar surface area (TPSA) is 55.6 Å². The van der Waals surface area contributed by atoms with E-state index in [0.717, 1.165) is 18.9 Å². The molecule has 2 fully saturated rings. The van der Waals surface area contributed by atoms with Gasteiger partial charge < -0.3 is 15.4 Å². The quantitative estimate of drug-likeness (QED) is 0.802. The first-order valence-electron chi connectivity index (χ1n) is 8.99. The molecule has 1 amide bonds. The van der Waals surface area contributed by atoms with E-state index < -0.39 is 5.54 Å². The second kappa shape index (κ2) is 8.17. The molecule has 0 aromatic heterocycles. The normalized spacial score (nSPS) is 30.2. The van der Waals surface area contributed by atoms with Gasteiger partial charge in [0.05, 0.1) is 6.10 Å². The van der Waals surface area contributed by atoms with Gasteiger partial charge in [0.15, 0.2) is 0 Å². The summed E-state index contributed by atoms with van der Waals surface area (Å²) in [6.07, 6.45) is 8.59. The standard InChI is InChI=1S/C18H34N2O2.ClH/c1-5-22-15-13-18(19,17(15,2)3)16(21)20(4)12-11-14-9-7-6-8-10-14;/h14-15H,5-13,19H2,1-4H3;1H.